The minimum Gasteiger partial charge on any atom is -0.468 e. The molecule has 5 nitrogen and oxygen atoms in total. The van der Waals surface area contributed by atoms with Crippen LogP contribution < -0.4 is 15.8 Å². The molecule has 3 N–H and O–H groups in total. The van der Waals surface area contributed by atoms with Gasteiger partial charge in [0, 0.05) is 17.4 Å². The fourth-order valence-electron chi connectivity index (χ4n) is 1.91. The largest absolute Gasteiger partial charge is 0.468 e. The summed E-state index contributed by atoms with van der Waals surface area (Å²) in [6.07, 6.45) is -3.07. The van der Waals surface area contributed by atoms with Crippen LogP contribution in [0.2, 0.25) is 0 Å². The zero-order valence-corrected chi connectivity index (χ0v) is 15.7. The van der Waals surface area contributed by atoms with Gasteiger partial charge in [0.2, 0.25) is 5.88 Å². The summed E-state index contributed by atoms with van der Waals surface area (Å²) >= 11 is 0. The maximum atomic E-state index is 12.3. The second-order valence-electron chi connectivity index (χ2n) is 5.07. The molecule has 0 fully saturated rings. The Balaban J connectivity index is 0.00000312. The van der Waals surface area contributed by atoms with E-state index in [4.69, 9.17) is 10.5 Å². The van der Waals surface area contributed by atoms with Crippen molar-refractivity contribution < 1.29 is 17.9 Å². The van der Waals surface area contributed by atoms with Crippen molar-refractivity contribution in [3.63, 3.8) is 0 Å². The first-order chi connectivity index (χ1) is 11.3. The molecule has 0 saturated carbocycles. The number of ether oxygens (including phenoxy) is 1. The van der Waals surface area contributed by atoms with Gasteiger partial charge in [-0.25, -0.2) is 9.98 Å². The van der Waals surface area contributed by atoms with Crippen molar-refractivity contribution in [2.45, 2.75) is 19.6 Å². The van der Waals surface area contributed by atoms with Crippen molar-refractivity contribution in [2.24, 2.45) is 10.7 Å². The van der Waals surface area contributed by atoms with Gasteiger partial charge in [0.05, 0.1) is 6.54 Å². The monoisotopic (exact) mass is 466 g/mol. The summed E-state index contributed by atoms with van der Waals surface area (Å²) in [4.78, 5) is 7.91. The van der Waals surface area contributed by atoms with E-state index in [2.05, 4.69) is 15.3 Å². The number of benzene rings is 1. The summed E-state index contributed by atoms with van der Waals surface area (Å²) < 4.78 is 41.5. The topological polar surface area (TPSA) is 72.5 Å². The van der Waals surface area contributed by atoms with E-state index >= 15 is 0 Å². The molecule has 0 radical (unpaired) electrons. The number of hydrogen-bond acceptors (Lipinski definition) is 3. The van der Waals surface area contributed by atoms with Crippen molar-refractivity contribution in [3.8, 4) is 5.88 Å². The number of halogens is 4. The number of alkyl halides is 3. The summed E-state index contributed by atoms with van der Waals surface area (Å²) in [5.74, 6) is 0.0353. The molecule has 136 valence electrons. The third-order valence-electron chi connectivity index (χ3n) is 2.93. The lowest BCUT2D eigenvalue weighted by Gasteiger charge is -2.11. The predicted molar refractivity (Wildman–Crippen MR) is 101 cm³/mol. The minimum atomic E-state index is -4.43. The maximum absolute atomic E-state index is 12.3. The number of aliphatic imine (C=N–C) groups is 1. The minimum absolute atomic E-state index is 0. The van der Waals surface area contributed by atoms with Crippen molar-refractivity contribution in [3.05, 3.63) is 53.7 Å². The van der Waals surface area contributed by atoms with Crippen molar-refractivity contribution in [2.75, 3.05) is 11.9 Å². The summed E-state index contributed by atoms with van der Waals surface area (Å²) in [5, 5.41) is 2.92. The summed E-state index contributed by atoms with van der Waals surface area (Å²) in [6.45, 7) is 0.585. The third-order valence-corrected chi connectivity index (χ3v) is 2.93. The lowest BCUT2D eigenvalue weighted by molar-refractivity contribution is -0.154. The SMILES string of the molecule is Cc1cccc(NC(N)=NCc2cccnc2OCC(F)(F)F)c1.I. The van der Waals surface area contributed by atoms with Crippen LogP contribution in [0, 0.1) is 6.92 Å². The number of guanidine groups is 1. The summed E-state index contributed by atoms with van der Waals surface area (Å²) in [6, 6.07) is 10.7. The molecule has 0 unspecified atom stereocenters. The van der Waals surface area contributed by atoms with Crippen LogP contribution in [0.4, 0.5) is 18.9 Å². The number of nitrogens with two attached hydrogens (primary N) is 1. The number of nitrogens with zero attached hydrogens (tertiary/aromatic N) is 2. The molecule has 25 heavy (non-hydrogen) atoms. The van der Waals surface area contributed by atoms with Crippen molar-refractivity contribution in [1.82, 2.24) is 4.98 Å². The van der Waals surface area contributed by atoms with E-state index in [1.165, 1.54) is 6.20 Å². The Morgan fingerprint density at radius 3 is 2.72 bits per heavy atom. The Kier molecular flexibility index (Phi) is 7.94. The zero-order chi connectivity index (χ0) is 17.6. The number of rotatable bonds is 5. The van der Waals surface area contributed by atoms with Gasteiger partial charge in [-0.2, -0.15) is 13.2 Å². The van der Waals surface area contributed by atoms with Crippen LogP contribution in [0.5, 0.6) is 5.88 Å². The molecule has 9 heteroatoms. The number of hydrogen-bond donors (Lipinski definition) is 2. The normalized spacial score (nSPS) is 11.6. The molecule has 0 aliphatic heterocycles. The van der Waals surface area contributed by atoms with Crippen molar-refractivity contribution in [1.29, 1.82) is 0 Å². The number of aromatic nitrogens is 1. The van der Waals surface area contributed by atoms with Gasteiger partial charge in [-0.1, -0.05) is 18.2 Å². The van der Waals surface area contributed by atoms with Gasteiger partial charge in [0.1, 0.15) is 0 Å². The molecular weight excluding hydrogens is 448 g/mol. The third kappa shape index (κ3) is 7.59. The maximum Gasteiger partial charge on any atom is 0.422 e. The molecule has 0 bridgehead atoms. The van der Waals surface area contributed by atoms with E-state index in [1.807, 2.05) is 31.2 Å². The quantitative estimate of drug-likeness (QED) is 0.399. The van der Waals surface area contributed by atoms with Crippen LogP contribution in [0.25, 0.3) is 0 Å². The van der Waals surface area contributed by atoms with Gasteiger partial charge in [0.25, 0.3) is 0 Å². The predicted octanol–water partition coefficient (Wildman–Crippen LogP) is 3.88. The second kappa shape index (κ2) is 9.44. The highest BCUT2D eigenvalue weighted by Gasteiger charge is 2.29. The fraction of sp³-hybridized carbons (Fsp3) is 0.250. The van der Waals surface area contributed by atoms with E-state index in [9.17, 15) is 13.2 Å². The first-order valence-corrected chi connectivity index (χ1v) is 7.10. The highest BCUT2D eigenvalue weighted by atomic mass is 127. The molecule has 1 aromatic carbocycles. The highest BCUT2D eigenvalue weighted by Crippen LogP contribution is 2.20. The Morgan fingerprint density at radius 2 is 2.04 bits per heavy atom. The van der Waals surface area contributed by atoms with Crippen LogP contribution in [0.1, 0.15) is 11.1 Å². The molecule has 2 rings (SSSR count). The van der Waals surface area contributed by atoms with Crippen LogP contribution in [-0.2, 0) is 6.54 Å². The standard InChI is InChI=1S/C16H17F3N4O.HI/c1-11-4-2-6-13(8-11)23-15(20)22-9-12-5-3-7-21-14(12)24-10-16(17,18)19;/h2-8H,9-10H2,1H3,(H3,20,22,23);1H. The van der Waals surface area contributed by atoms with Crippen LogP contribution in [0.3, 0.4) is 0 Å². The fourth-order valence-corrected chi connectivity index (χ4v) is 1.91. The first kappa shape index (κ1) is 21.0. The first-order valence-electron chi connectivity index (χ1n) is 7.10. The molecule has 0 aliphatic carbocycles. The average Bonchev–Trinajstić information content (AvgIpc) is 2.51. The van der Waals surface area contributed by atoms with Gasteiger partial charge in [-0.3, -0.25) is 0 Å². The van der Waals surface area contributed by atoms with E-state index in [1.54, 1.807) is 12.1 Å². The van der Waals surface area contributed by atoms with Gasteiger partial charge >= 0.3 is 6.18 Å². The molecule has 1 aromatic heterocycles. The lowest BCUT2D eigenvalue weighted by atomic mass is 10.2. The van der Waals surface area contributed by atoms with Gasteiger partial charge in [-0.15, -0.1) is 24.0 Å². The molecule has 1 heterocycles. The Hall–Kier alpha value is -2.04. The molecule has 0 amide bonds. The van der Waals surface area contributed by atoms with E-state index in [0.29, 0.717) is 5.56 Å². The zero-order valence-electron chi connectivity index (χ0n) is 13.4. The molecule has 0 saturated heterocycles. The summed E-state index contributed by atoms with van der Waals surface area (Å²) in [5.41, 5.74) is 8.04. The molecule has 2 aromatic rings. The van der Waals surface area contributed by atoms with Gasteiger partial charge in [0.15, 0.2) is 12.6 Å². The number of aryl methyl sites for hydroxylation is 1. The van der Waals surface area contributed by atoms with Gasteiger partial charge in [-0.05, 0) is 30.7 Å². The van der Waals surface area contributed by atoms with Gasteiger partial charge < -0.3 is 15.8 Å². The Morgan fingerprint density at radius 1 is 1.28 bits per heavy atom. The van der Waals surface area contributed by atoms with E-state index < -0.39 is 12.8 Å². The van der Waals surface area contributed by atoms with Crippen LogP contribution in [0.15, 0.2) is 47.6 Å². The molecule has 0 atom stereocenters. The second-order valence-corrected chi connectivity index (χ2v) is 5.07. The Bertz CT molecular complexity index is 723. The van der Waals surface area contributed by atoms with E-state index in [-0.39, 0.29) is 42.4 Å². The molecule has 0 spiro atoms. The van der Waals surface area contributed by atoms with Crippen molar-refractivity contribution >= 4 is 35.6 Å². The Labute approximate surface area is 160 Å². The number of nitrogens with one attached hydrogen (secondary N) is 1. The summed E-state index contributed by atoms with van der Waals surface area (Å²) in [7, 11) is 0. The number of anilines is 1. The van der Waals surface area contributed by atoms with E-state index in [0.717, 1.165) is 11.3 Å². The number of pyridine rings is 1. The van der Waals surface area contributed by atoms with Crippen LogP contribution >= 0.6 is 24.0 Å². The smallest absolute Gasteiger partial charge is 0.422 e. The highest BCUT2D eigenvalue weighted by molar-refractivity contribution is 14.0. The molecular formula is C16H18F3IN4O. The lowest BCUT2D eigenvalue weighted by Crippen LogP contribution is -2.23. The van der Waals surface area contributed by atoms with Crippen LogP contribution in [-0.4, -0.2) is 23.7 Å². The molecule has 0 aliphatic rings. The average molecular weight is 466 g/mol.